The van der Waals surface area contributed by atoms with Gasteiger partial charge in [0.05, 0.1) is 16.6 Å². The molecule has 0 bridgehead atoms. The van der Waals surface area contributed by atoms with Crippen LogP contribution in [0.3, 0.4) is 0 Å². The second kappa shape index (κ2) is 5.80. The molecule has 1 saturated carbocycles. The molecule has 114 valence electrons. The Labute approximate surface area is 121 Å². The average molecular weight is 313 g/mol. The van der Waals surface area contributed by atoms with Gasteiger partial charge >= 0.3 is 5.97 Å². The van der Waals surface area contributed by atoms with E-state index in [0.717, 1.165) is 25.0 Å². The van der Waals surface area contributed by atoms with Crippen LogP contribution in [0.1, 0.15) is 19.3 Å². The summed E-state index contributed by atoms with van der Waals surface area (Å²) in [5.74, 6) is -2.55. The number of hydrogen-bond donors (Lipinski definition) is 1. The number of aliphatic carboxylic acids is 1. The predicted octanol–water partition coefficient (Wildman–Crippen LogP) is 1.87. The zero-order chi connectivity index (χ0) is 15.6. The lowest BCUT2D eigenvalue weighted by molar-refractivity contribution is -0.387. The van der Waals surface area contributed by atoms with E-state index in [4.69, 9.17) is 5.11 Å². The van der Waals surface area contributed by atoms with E-state index in [1.165, 1.54) is 12.1 Å². The van der Waals surface area contributed by atoms with E-state index < -0.39 is 43.0 Å². The summed E-state index contributed by atoms with van der Waals surface area (Å²) in [7, 11) is -4.02. The molecule has 1 aliphatic rings. The number of carboxylic acids is 1. The van der Waals surface area contributed by atoms with Crippen molar-refractivity contribution in [3.05, 3.63) is 34.4 Å². The van der Waals surface area contributed by atoms with Gasteiger partial charge in [-0.2, -0.15) is 0 Å². The third-order valence-corrected chi connectivity index (χ3v) is 5.34. The normalized spacial score (nSPS) is 16.4. The number of nitro groups is 1. The largest absolute Gasteiger partial charge is 0.481 e. The third kappa shape index (κ3) is 3.78. The Hall–Kier alpha value is -1.96. The van der Waals surface area contributed by atoms with Crippen molar-refractivity contribution in [2.24, 2.45) is 11.8 Å². The average Bonchev–Trinajstić information content (AvgIpc) is 3.21. The third-order valence-electron chi connectivity index (χ3n) is 3.48. The van der Waals surface area contributed by atoms with Gasteiger partial charge in [-0.05, 0) is 18.4 Å². The number of nitro benzene ring substituents is 1. The molecular formula is C13H15NO6S. The molecule has 0 amide bonds. The van der Waals surface area contributed by atoms with Gasteiger partial charge in [-0.15, -0.1) is 0 Å². The monoisotopic (exact) mass is 313 g/mol. The van der Waals surface area contributed by atoms with Crippen molar-refractivity contribution in [1.29, 1.82) is 0 Å². The Morgan fingerprint density at radius 2 is 2.00 bits per heavy atom. The lowest BCUT2D eigenvalue weighted by atomic mass is 10.1. The van der Waals surface area contributed by atoms with Crippen LogP contribution in [0.25, 0.3) is 0 Å². The van der Waals surface area contributed by atoms with Gasteiger partial charge in [-0.3, -0.25) is 14.9 Å². The smallest absolute Gasteiger partial charge is 0.307 e. The molecule has 0 unspecified atom stereocenters. The van der Waals surface area contributed by atoms with E-state index in [0.29, 0.717) is 6.42 Å². The van der Waals surface area contributed by atoms with Gasteiger partial charge in [0.25, 0.3) is 5.69 Å². The quantitative estimate of drug-likeness (QED) is 0.607. The van der Waals surface area contributed by atoms with E-state index in [-0.39, 0.29) is 5.92 Å². The first-order valence-electron chi connectivity index (χ1n) is 6.50. The van der Waals surface area contributed by atoms with Gasteiger partial charge in [-0.1, -0.05) is 25.0 Å². The number of carboxylic acid groups (broad SMARTS) is 1. The number of benzene rings is 1. The number of hydrogen-bond acceptors (Lipinski definition) is 5. The summed E-state index contributed by atoms with van der Waals surface area (Å²) >= 11 is 0. The Kier molecular flexibility index (Phi) is 4.26. The van der Waals surface area contributed by atoms with Crippen molar-refractivity contribution in [3.63, 3.8) is 0 Å². The second-order valence-corrected chi connectivity index (χ2v) is 7.22. The molecule has 0 radical (unpaired) electrons. The standard InChI is InChI=1S/C13H15NO6S/c15-13(16)10(7-9-5-6-9)8-21(19,20)12-4-2-1-3-11(12)14(17)18/h1-4,9-10H,5-8H2,(H,15,16)/t10-/m1/s1. The number of nitrogens with zero attached hydrogens (tertiary/aromatic N) is 1. The van der Waals surface area contributed by atoms with Gasteiger partial charge < -0.3 is 5.11 Å². The maximum atomic E-state index is 12.3. The van der Waals surface area contributed by atoms with Crippen LogP contribution in [-0.2, 0) is 14.6 Å². The molecule has 1 atom stereocenters. The maximum absolute atomic E-state index is 12.3. The zero-order valence-electron chi connectivity index (χ0n) is 11.1. The van der Waals surface area contributed by atoms with Crippen molar-refractivity contribution < 1.29 is 23.2 Å². The summed E-state index contributed by atoms with van der Waals surface area (Å²) in [6, 6.07) is 5.00. The number of para-hydroxylation sites is 1. The van der Waals surface area contributed by atoms with Gasteiger partial charge in [0.1, 0.15) is 4.90 Å². The van der Waals surface area contributed by atoms with E-state index in [1.807, 2.05) is 0 Å². The number of carbonyl (C=O) groups is 1. The molecule has 0 spiro atoms. The molecule has 8 heteroatoms. The number of sulfone groups is 1. The molecule has 7 nitrogen and oxygen atoms in total. The highest BCUT2D eigenvalue weighted by atomic mass is 32.2. The minimum Gasteiger partial charge on any atom is -0.481 e. The van der Waals surface area contributed by atoms with Crippen molar-refractivity contribution in [1.82, 2.24) is 0 Å². The highest BCUT2D eigenvalue weighted by Crippen LogP contribution is 2.36. The first kappa shape index (κ1) is 15.4. The van der Waals surface area contributed by atoms with E-state index in [2.05, 4.69) is 0 Å². The summed E-state index contributed by atoms with van der Waals surface area (Å²) in [5, 5.41) is 20.0. The molecule has 0 saturated heterocycles. The van der Waals surface area contributed by atoms with Gasteiger partial charge in [-0.25, -0.2) is 8.42 Å². The van der Waals surface area contributed by atoms with Crippen molar-refractivity contribution >= 4 is 21.5 Å². The minimum absolute atomic E-state index is 0.257. The Balaban J connectivity index is 2.28. The van der Waals surface area contributed by atoms with Crippen molar-refractivity contribution in [2.75, 3.05) is 5.75 Å². The maximum Gasteiger partial charge on any atom is 0.307 e. The van der Waals surface area contributed by atoms with Gasteiger partial charge in [0.15, 0.2) is 9.84 Å². The van der Waals surface area contributed by atoms with E-state index >= 15 is 0 Å². The molecule has 1 fully saturated rings. The first-order valence-corrected chi connectivity index (χ1v) is 8.15. The van der Waals surface area contributed by atoms with Crippen LogP contribution < -0.4 is 0 Å². The zero-order valence-corrected chi connectivity index (χ0v) is 12.0. The summed E-state index contributed by atoms with van der Waals surface area (Å²) in [5.41, 5.74) is -0.520. The fourth-order valence-corrected chi connectivity index (χ4v) is 3.96. The van der Waals surface area contributed by atoms with Crippen LogP contribution in [0.2, 0.25) is 0 Å². The van der Waals surface area contributed by atoms with Crippen molar-refractivity contribution in [2.45, 2.75) is 24.2 Å². The SMILES string of the molecule is O=C(O)[C@H](CC1CC1)CS(=O)(=O)c1ccccc1[N+](=O)[O-]. The van der Waals surface area contributed by atoms with Gasteiger partial charge in [0, 0.05) is 6.07 Å². The van der Waals surface area contributed by atoms with E-state index in [9.17, 15) is 23.3 Å². The lowest BCUT2D eigenvalue weighted by Gasteiger charge is -2.12. The summed E-state index contributed by atoms with van der Waals surface area (Å²) < 4.78 is 24.6. The molecule has 0 aromatic heterocycles. The number of rotatable bonds is 7. The topological polar surface area (TPSA) is 115 Å². The van der Waals surface area contributed by atoms with Crippen molar-refractivity contribution in [3.8, 4) is 0 Å². The second-order valence-electron chi connectivity index (χ2n) is 5.22. The highest BCUT2D eigenvalue weighted by Gasteiger charge is 2.35. The van der Waals surface area contributed by atoms with E-state index in [1.54, 1.807) is 0 Å². The molecule has 0 heterocycles. The van der Waals surface area contributed by atoms with Crippen LogP contribution in [0, 0.1) is 22.0 Å². The molecule has 21 heavy (non-hydrogen) atoms. The Morgan fingerprint density at radius 3 is 2.52 bits per heavy atom. The highest BCUT2D eigenvalue weighted by molar-refractivity contribution is 7.91. The molecule has 2 rings (SSSR count). The molecule has 1 N–H and O–H groups in total. The molecule has 0 aliphatic heterocycles. The summed E-state index contributed by atoms with van der Waals surface area (Å²) in [4.78, 5) is 20.9. The molecule has 1 aromatic carbocycles. The van der Waals surface area contributed by atoms with Crippen LogP contribution in [0.5, 0.6) is 0 Å². The first-order chi connectivity index (χ1) is 9.81. The summed E-state index contributed by atoms with van der Waals surface area (Å²) in [6.07, 6.45) is 2.12. The fraction of sp³-hybridized carbons (Fsp3) is 0.462. The Bertz CT molecular complexity index is 665. The summed E-state index contributed by atoms with van der Waals surface area (Å²) in [6.45, 7) is 0. The minimum atomic E-state index is -4.02. The molecule has 1 aliphatic carbocycles. The fourth-order valence-electron chi connectivity index (χ4n) is 2.22. The Morgan fingerprint density at radius 1 is 1.38 bits per heavy atom. The van der Waals surface area contributed by atoms with Gasteiger partial charge in [0.2, 0.25) is 0 Å². The predicted molar refractivity (Wildman–Crippen MR) is 73.6 cm³/mol. The van der Waals surface area contributed by atoms with Crippen LogP contribution in [0.15, 0.2) is 29.2 Å². The van der Waals surface area contributed by atoms with Crippen LogP contribution >= 0.6 is 0 Å². The van der Waals surface area contributed by atoms with Crippen LogP contribution in [0.4, 0.5) is 5.69 Å². The molecular weight excluding hydrogens is 298 g/mol. The molecule has 1 aromatic rings. The van der Waals surface area contributed by atoms with Crippen LogP contribution in [-0.4, -0.2) is 30.2 Å². The lowest BCUT2D eigenvalue weighted by Crippen LogP contribution is -2.25.